The smallest absolute Gasteiger partial charge is 0.423 e. The summed E-state index contributed by atoms with van der Waals surface area (Å²) in [5.74, 6) is 0. The molecule has 86 valence electrons. The Morgan fingerprint density at radius 2 is 2.31 bits per heavy atom. The predicted molar refractivity (Wildman–Crippen MR) is 65.6 cm³/mol. The van der Waals surface area contributed by atoms with Gasteiger partial charge in [0.25, 0.3) is 0 Å². The van der Waals surface area contributed by atoms with Gasteiger partial charge in [-0.3, -0.25) is 0 Å². The number of hydrogen-bond donors (Lipinski definition) is 2. The lowest BCUT2D eigenvalue weighted by Gasteiger charge is -2.29. The van der Waals surface area contributed by atoms with Gasteiger partial charge < -0.3 is 20.3 Å². The molecule has 1 unspecified atom stereocenters. The molecule has 1 aliphatic heterocycles. The molecule has 1 aromatic rings. The average molecular weight is 220 g/mol. The second-order valence-corrected chi connectivity index (χ2v) is 4.54. The highest BCUT2D eigenvalue weighted by atomic mass is 16.5. The Hall–Kier alpha value is -1.04. The third-order valence-electron chi connectivity index (χ3n) is 2.77. The number of benzene rings is 1. The van der Waals surface area contributed by atoms with Crippen molar-refractivity contribution in [1.29, 1.82) is 0 Å². The molecule has 0 saturated heterocycles. The fourth-order valence-electron chi connectivity index (χ4n) is 2.11. The van der Waals surface area contributed by atoms with E-state index in [4.69, 9.17) is 10.4 Å². The molecule has 0 radical (unpaired) electrons. The molecule has 0 saturated carbocycles. The van der Waals surface area contributed by atoms with Gasteiger partial charge in [0.2, 0.25) is 0 Å². The van der Waals surface area contributed by atoms with Crippen LogP contribution in [0.1, 0.15) is 5.56 Å². The second-order valence-electron chi connectivity index (χ2n) is 4.54. The largest absolute Gasteiger partial charge is 0.491 e. The van der Waals surface area contributed by atoms with E-state index in [1.54, 1.807) is 6.07 Å². The van der Waals surface area contributed by atoms with Crippen molar-refractivity contribution < 1.29 is 9.68 Å². The molecule has 0 spiro atoms. The normalized spacial score (nSPS) is 20.0. The summed E-state index contributed by atoms with van der Waals surface area (Å²) >= 11 is 0. The zero-order valence-corrected chi connectivity index (χ0v) is 9.68. The topological polar surface area (TPSA) is 58.7 Å². The Morgan fingerprint density at radius 3 is 3.00 bits per heavy atom. The molecule has 5 heteroatoms. The summed E-state index contributed by atoms with van der Waals surface area (Å²) < 4.78 is 5.54. The van der Waals surface area contributed by atoms with Crippen molar-refractivity contribution >= 4 is 18.3 Å². The van der Waals surface area contributed by atoms with E-state index in [9.17, 15) is 5.02 Å². The maximum absolute atomic E-state index is 9.85. The van der Waals surface area contributed by atoms with Gasteiger partial charge in [0.05, 0.1) is 6.10 Å². The zero-order chi connectivity index (χ0) is 11.7. The molecule has 3 N–H and O–H groups in total. The van der Waals surface area contributed by atoms with Crippen LogP contribution in [0, 0.1) is 0 Å². The number of likely N-dealkylation sites (N-methyl/N-ethyl adjacent to an activating group) is 1. The first-order valence-corrected chi connectivity index (χ1v) is 5.43. The van der Waals surface area contributed by atoms with E-state index in [1.807, 2.05) is 26.2 Å². The van der Waals surface area contributed by atoms with Crippen molar-refractivity contribution in [3.63, 3.8) is 0 Å². The summed E-state index contributed by atoms with van der Waals surface area (Å²) in [4.78, 5) is 2.05. The average Bonchev–Trinajstić information content (AvgIpc) is 2.15. The fraction of sp³-hybridized carbons (Fsp3) is 0.455. The van der Waals surface area contributed by atoms with Crippen LogP contribution < -0.4 is 11.2 Å². The van der Waals surface area contributed by atoms with Gasteiger partial charge in [0.15, 0.2) is 0 Å². The van der Waals surface area contributed by atoms with Crippen LogP contribution in [-0.4, -0.2) is 43.8 Å². The third kappa shape index (κ3) is 2.37. The van der Waals surface area contributed by atoms with Gasteiger partial charge in [0.1, 0.15) is 0 Å². The lowest BCUT2D eigenvalue weighted by Crippen LogP contribution is -2.48. The minimum Gasteiger partial charge on any atom is -0.423 e. The molecule has 1 heterocycles. The van der Waals surface area contributed by atoms with E-state index in [1.165, 1.54) is 0 Å². The molecular formula is C11H17BN2O2. The number of nitrogens with two attached hydrogens (primary N) is 1. The van der Waals surface area contributed by atoms with Gasteiger partial charge in [-0.05, 0) is 43.7 Å². The fourth-order valence-corrected chi connectivity index (χ4v) is 2.11. The second kappa shape index (κ2) is 4.45. The molecule has 1 atom stereocenters. The molecule has 0 aliphatic carbocycles. The van der Waals surface area contributed by atoms with Crippen molar-refractivity contribution in [2.45, 2.75) is 12.5 Å². The molecule has 0 fully saturated rings. The molecule has 4 nitrogen and oxygen atoms in total. The number of rotatable bonds is 2. The minimum absolute atomic E-state index is 0.0271. The number of hydrogen-bond acceptors (Lipinski definition) is 4. The Bertz CT molecular complexity index is 384. The highest BCUT2D eigenvalue weighted by molar-refractivity contribution is 6.60. The summed E-state index contributed by atoms with van der Waals surface area (Å²) in [7, 11) is 3.16. The molecule has 1 aliphatic rings. The van der Waals surface area contributed by atoms with Gasteiger partial charge in [0, 0.05) is 12.2 Å². The highest BCUT2D eigenvalue weighted by Gasteiger charge is 2.30. The number of anilines is 1. The van der Waals surface area contributed by atoms with Crippen LogP contribution >= 0.6 is 0 Å². The van der Waals surface area contributed by atoms with E-state index < -0.39 is 7.12 Å². The number of nitrogens with zero attached hydrogens (tertiary/aromatic N) is 1. The van der Waals surface area contributed by atoms with Crippen LogP contribution in [0.4, 0.5) is 5.69 Å². The van der Waals surface area contributed by atoms with E-state index in [0.29, 0.717) is 0 Å². The molecule has 0 amide bonds. The minimum atomic E-state index is -0.825. The Labute approximate surface area is 96.2 Å². The molecule has 0 bridgehead atoms. The monoisotopic (exact) mass is 220 g/mol. The lowest BCUT2D eigenvalue weighted by atomic mass is 9.72. The molecule has 2 rings (SSSR count). The zero-order valence-electron chi connectivity index (χ0n) is 9.68. The maximum atomic E-state index is 9.85. The van der Waals surface area contributed by atoms with Crippen LogP contribution in [0.15, 0.2) is 18.2 Å². The number of nitrogen functional groups attached to an aromatic ring is 1. The van der Waals surface area contributed by atoms with Crippen LogP contribution in [0.25, 0.3) is 0 Å². The summed E-state index contributed by atoms with van der Waals surface area (Å²) in [5.41, 5.74) is 8.40. The molecular weight excluding hydrogens is 203 g/mol. The summed E-state index contributed by atoms with van der Waals surface area (Å²) in [5, 5.41) is 9.85. The van der Waals surface area contributed by atoms with Crippen molar-refractivity contribution in [2.24, 2.45) is 0 Å². The van der Waals surface area contributed by atoms with Crippen molar-refractivity contribution in [3.8, 4) is 0 Å². The quantitative estimate of drug-likeness (QED) is 0.519. The highest BCUT2D eigenvalue weighted by Crippen LogP contribution is 2.15. The van der Waals surface area contributed by atoms with Gasteiger partial charge >= 0.3 is 7.12 Å². The summed E-state index contributed by atoms with van der Waals surface area (Å²) in [6, 6.07) is 5.54. The summed E-state index contributed by atoms with van der Waals surface area (Å²) in [6.45, 7) is 0.797. The first kappa shape index (κ1) is 11.5. The van der Waals surface area contributed by atoms with Gasteiger partial charge in [-0.2, -0.15) is 0 Å². The van der Waals surface area contributed by atoms with Crippen molar-refractivity contribution in [2.75, 3.05) is 26.4 Å². The van der Waals surface area contributed by atoms with Gasteiger partial charge in [-0.15, -0.1) is 0 Å². The standard InChI is InChI=1S/C11H17BN2O2/c1-14(2)7-10-6-8-5-9(13)3-4-11(8)12(15)16-10/h3-5,10,15H,6-7,13H2,1-2H3. The Morgan fingerprint density at radius 1 is 1.56 bits per heavy atom. The van der Waals surface area contributed by atoms with Crippen LogP contribution in [0.2, 0.25) is 0 Å². The third-order valence-corrected chi connectivity index (χ3v) is 2.77. The van der Waals surface area contributed by atoms with Gasteiger partial charge in [-0.1, -0.05) is 6.07 Å². The first-order valence-electron chi connectivity index (χ1n) is 5.43. The predicted octanol–water partition coefficient (Wildman–Crippen LogP) is -0.541. The molecule has 16 heavy (non-hydrogen) atoms. The first-order chi connectivity index (χ1) is 7.56. The van der Waals surface area contributed by atoms with E-state index in [2.05, 4.69) is 4.90 Å². The van der Waals surface area contributed by atoms with E-state index >= 15 is 0 Å². The lowest BCUT2D eigenvalue weighted by molar-refractivity contribution is 0.133. The van der Waals surface area contributed by atoms with Crippen LogP contribution in [-0.2, 0) is 11.1 Å². The van der Waals surface area contributed by atoms with E-state index in [0.717, 1.165) is 29.7 Å². The maximum Gasteiger partial charge on any atom is 0.491 e. The van der Waals surface area contributed by atoms with E-state index in [-0.39, 0.29) is 6.10 Å². The SMILES string of the molecule is CN(C)CC1Cc2cc(N)ccc2B(O)O1. The van der Waals surface area contributed by atoms with Crippen molar-refractivity contribution in [3.05, 3.63) is 23.8 Å². The Balaban J connectivity index is 2.20. The number of fused-ring (bicyclic) bond motifs is 1. The van der Waals surface area contributed by atoms with Gasteiger partial charge in [-0.25, -0.2) is 0 Å². The van der Waals surface area contributed by atoms with Crippen LogP contribution in [0.5, 0.6) is 0 Å². The summed E-state index contributed by atoms with van der Waals surface area (Å²) in [6.07, 6.45) is 0.828. The Kier molecular flexibility index (Phi) is 3.19. The molecule has 0 aromatic heterocycles. The molecule has 1 aromatic carbocycles. The van der Waals surface area contributed by atoms with Crippen LogP contribution in [0.3, 0.4) is 0 Å². The van der Waals surface area contributed by atoms with Crippen molar-refractivity contribution in [1.82, 2.24) is 4.90 Å².